The van der Waals surface area contributed by atoms with Gasteiger partial charge >= 0.3 is 5.97 Å². The number of carboxylic acids is 2. The molecule has 8 heteroatoms. The minimum absolute atomic E-state index is 0.0694. The number of primary amides is 1. The van der Waals surface area contributed by atoms with Crippen molar-refractivity contribution < 1.29 is 29.1 Å². The molecule has 0 aromatic carbocycles. The molecular weight excluding hydrogens is 434 g/mol. The molecule has 0 aromatic heterocycles. The van der Waals surface area contributed by atoms with E-state index in [9.17, 15) is 19.5 Å². The molecule has 0 bridgehead atoms. The fourth-order valence-corrected chi connectivity index (χ4v) is 3.23. The molecule has 1 amide bonds. The van der Waals surface area contributed by atoms with Gasteiger partial charge < -0.3 is 25.2 Å². The molecule has 204 valence electrons. The molecule has 34 heavy (non-hydrogen) atoms. The van der Waals surface area contributed by atoms with Crippen LogP contribution in [0.4, 0.5) is 0 Å². The normalized spacial score (nSPS) is 11.6. The van der Waals surface area contributed by atoms with E-state index in [4.69, 9.17) is 10.8 Å². The minimum atomic E-state index is -1.00. The molecule has 0 spiro atoms. The molecule has 0 aromatic rings. The Hall–Kier alpha value is -1.67. The summed E-state index contributed by atoms with van der Waals surface area (Å²) in [6.07, 6.45) is 16.6. The highest BCUT2D eigenvalue weighted by Crippen LogP contribution is 2.11. The van der Waals surface area contributed by atoms with Gasteiger partial charge in [-0.25, -0.2) is 0 Å². The lowest BCUT2D eigenvalue weighted by atomic mass is 10.1. The van der Waals surface area contributed by atoms with Crippen LogP contribution in [0.15, 0.2) is 0 Å². The first-order chi connectivity index (χ1) is 15.8. The van der Waals surface area contributed by atoms with E-state index in [0.717, 1.165) is 19.3 Å². The molecule has 0 saturated carbocycles. The fraction of sp³-hybridized carbons (Fsp3) is 0.885. The van der Waals surface area contributed by atoms with E-state index in [1.54, 1.807) is 40.1 Å². The zero-order valence-corrected chi connectivity index (χ0v) is 23.2. The number of rotatable bonds is 18. The number of nitrogens with two attached hydrogens (primary N) is 1. The second kappa shape index (κ2) is 24.5. The Bertz CT molecular complexity index is 505. The molecule has 0 fully saturated rings. The lowest BCUT2D eigenvalue weighted by molar-refractivity contribution is -0.864. The maximum Gasteiger partial charge on any atom is 0.320 e. The number of quaternary nitrogens is 1. The number of unbranched alkanes of at least 4 members (excludes halogenated alkanes) is 10. The number of carbonyl (C=O) groups excluding carboxylic acids is 2. The van der Waals surface area contributed by atoms with Crippen molar-refractivity contribution in [3.63, 3.8) is 0 Å². The topological polar surface area (TPSA) is 124 Å². The number of amides is 1. The fourth-order valence-electron chi connectivity index (χ4n) is 3.23. The van der Waals surface area contributed by atoms with Crippen molar-refractivity contribution in [3.8, 4) is 0 Å². The van der Waals surface area contributed by atoms with Gasteiger partial charge in [0.15, 0.2) is 0 Å². The third-order valence-corrected chi connectivity index (χ3v) is 5.10. The van der Waals surface area contributed by atoms with Crippen LogP contribution in [0.2, 0.25) is 0 Å². The van der Waals surface area contributed by atoms with Crippen LogP contribution in [0, 0.1) is 0 Å². The van der Waals surface area contributed by atoms with Gasteiger partial charge in [-0.15, -0.1) is 0 Å². The summed E-state index contributed by atoms with van der Waals surface area (Å²) in [7, 11) is 8.98. The number of hydrogen-bond donors (Lipinski definition) is 2. The predicted molar refractivity (Wildman–Crippen MR) is 138 cm³/mol. The molecule has 0 aliphatic heterocycles. The number of likely N-dealkylation sites (N-methyl/N-ethyl adjacent to an activating group) is 2. The van der Waals surface area contributed by atoms with Gasteiger partial charge in [-0.1, -0.05) is 84.5 Å². The van der Waals surface area contributed by atoms with Crippen LogP contribution < -0.4 is 10.8 Å². The van der Waals surface area contributed by atoms with Crippen molar-refractivity contribution in [2.45, 2.75) is 110 Å². The van der Waals surface area contributed by atoms with Gasteiger partial charge in [-0.05, 0) is 26.9 Å². The average Bonchev–Trinajstić information content (AvgIpc) is 2.68. The molecule has 0 aliphatic rings. The third-order valence-electron chi connectivity index (χ3n) is 5.10. The Balaban J connectivity index is -0.000000458. The predicted octanol–water partition coefficient (Wildman–Crippen LogP) is 3.42. The van der Waals surface area contributed by atoms with Crippen LogP contribution in [-0.2, 0) is 14.4 Å². The summed E-state index contributed by atoms with van der Waals surface area (Å²) >= 11 is 0. The zero-order valence-electron chi connectivity index (χ0n) is 23.2. The van der Waals surface area contributed by atoms with E-state index < -0.39 is 11.9 Å². The maximum atomic E-state index is 10.5. The number of carboxylic acid groups (broad SMARTS) is 2. The molecular formula is C26H55N3O5. The highest BCUT2D eigenvalue weighted by atomic mass is 16.4. The van der Waals surface area contributed by atoms with E-state index in [-0.39, 0.29) is 18.5 Å². The van der Waals surface area contributed by atoms with E-state index in [1.165, 1.54) is 64.2 Å². The summed E-state index contributed by atoms with van der Waals surface area (Å²) in [6.45, 7) is 4.31. The van der Waals surface area contributed by atoms with E-state index in [0.29, 0.717) is 10.9 Å². The molecule has 0 saturated heterocycles. The first kappa shape index (κ1) is 36.9. The van der Waals surface area contributed by atoms with Gasteiger partial charge in [0.05, 0.1) is 27.1 Å². The Labute approximate surface area is 209 Å². The van der Waals surface area contributed by atoms with Gasteiger partial charge in [0.25, 0.3) is 0 Å². The van der Waals surface area contributed by atoms with E-state index in [1.807, 2.05) is 6.92 Å². The first-order valence-corrected chi connectivity index (χ1v) is 13.0. The Kier molecular flexibility index (Phi) is 26.5. The number of carbonyl (C=O) groups is 3. The van der Waals surface area contributed by atoms with E-state index in [2.05, 4.69) is 6.92 Å². The molecule has 8 nitrogen and oxygen atoms in total. The second-order valence-electron chi connectivity index (χ2n) is 10.2. The third kappa shape index (κ3) is 34.9. The van der Waals surface area contributed by atoms with Crippen LogP contribution in [-0.4, -0.2) is 80.2 Å². The molecule has 0 heterocycles. The smallest absolute Gasteiger partial charge is 0.320 e. The number of hydrogen-bond acceptors (Lipinski definition) is 5. The zero-order chi connectivity index (χ0) is 27.0. The number of nitrogens with zero attached hydrogens (tertiary/aromatic N) is 2. The standard InChI is InChI=1S/C14H29NO.C7H15NO2.C5H11NO2/c1-2-3-4-5-6-7-8-9-10-11-12-13-14(15)16;1-4-5-6(7(9)10)8(2)3;1-6(2,3)4-5(7)8/h2-13H2,1H3,(H2,15,16);6H,4-5H2,1-3H3,(H,9,10);4H2,1-3H3. The maximum absolute atomic E-state index is 10.5. The quantitative estimate of drug-likeness (QED) is 0.225. The van der Waals surface area contributed by atoms with Crippen molar-refractivity contribution in [2.24, 2.45) is 5.73 Å². The van der Waals surface area contributed by atoms with Crippen molar-refractivity contribution in [1.29, 1.82) is 0 Å². The summed E-state index contributed by atoms with van der Waals surface area (Å²) in [5.74, 6) is -1.89. The van der Waals surface area contributed by atoms with Gasteiger partial charge in [-0.2, -0.15) is 0 Å². The lowest BCUT2D eigenvalue weighted by Crippen LogP contribution is -2.45. The van der Waals surface area contributed by atoms with Gasteiger partial charge in [0.1, 0.15) is 12.6 Å². The van der Waals surface area contributed by atoms with Crippen LogP contribution in [0.1, 0.15) is 104 Å². The molecule has 1 unspecified atom stereocenters. The van der Waals surface area contributed by atoms with Crippen molar-refractivity contribution in [2.75, 3.05) is 41.8 Å². The van der Waals surface area contributed by atoms with Gasteiger partial charge in [0, 0.05) is 6.42 Å². The Morgan fingerprint density at radius 2 is 1.24 bits per heavy atom. The van der Waals surface area contributed by atoms with Gasteiger partial charge in [-0.3, -0.25) is 14.5 Å². The summed E-state index contributed by atoms with van der Waals surface area (Å²) in [4.78, 5) is 32.6. The van der Waals surface area contributed by atoms with Crippen molar-refractivity contribution in [3.05, 3.63) is 0 Å². The summed E-state index contributed by atoms with van der Waals surface area (Å²) < 4.78 is 0.419. The summed E-state index contributed by atoms with van der Waals surface area (Å²) in [5, 5.41) is 18.5. The monoisotopic (exact) mass is 489 g/mol. The number of aliphatic carboxylic acids is 2. The average molecular weight is 490 g/mol. The highest BCUT2D eigenvalue weighted by molar-refractivity contribution is 5.73. The largest absolute Gasteiger partial charge is 0.544 e. The van der Waals surface area contributed by atoms with Gasteiger partial charge in [0.2, 0.25) is 5.91 Å². The molecule has 1 atom stereocenters. The van der Waals surface area contributed by atoms with Crippen LogP contribution in [0.25, 0.3) is 0 Å². The molecule has 3 N–H and O–H groups in total. The van der Waals surface area contributed by atoms with Crippen molar-refractivity contribution in [1.82, 2.24) is 4.90 Å². The second-order valence-corrected chi connectivity index (χ2v) is 10.2. The summed E-state index contributed by atoms with van der Waals surface area (Å²) in [6, 6.07) is -0.315. The Morgan fingerprint density at radius 3 is 1.44 bits per heavy atom. The van der Waals surface area contributed by atoms with Crippen LogP contribution in [0.5, 0.6) is 0 Å². The first-order valence-electron chi connectivity index (χ1n) is 13.0. The highest BCUT2D eigenvalue weighted by Gasteiger charge is 2.17. The Morgan fingerprint density at radius 1 is 0.824 bits per heavy atom. The summed E-state index contributed by atoms with van der Waals surface area (Å²) in [5.41, 5.74) is 5.07. The lowest BCUT2D eigenvalue weighted by Gasteiger charge is -2.23. The van der Waals surface area contributed by atoms with Crippen molar-refractivity contribution >= 4 is 17.8 Å². The van der Waals surface area contributed by atoms with Crippen LogP contribution in [0.3, 0.4) is 0 Å². The molecule has 0 radical (unpaired) electrons. The molecule has 0 aliphatic carbocycles. The SMILES string of the molecule is CCCC(C(=O)O)N(C)C.CCCCCCCCCCCCCC(N)=O.C[N+](C)(C)CC(=O)[O-]. The molecule has 0 rings (SSSR count). The van der Waals surface area contributed by atoms with Crippen LogP contribution >= 0.6 is 0 Å². The van der Waals surface area contributed by atoms with E-state index >= 15 is 0 Å². The minimum Gasteiger partial charge on any atom is -0.544 e.